The number of aliphatic hydroxyl groups is 3. The van der Waals surface area contributed by atoms with Crippen LogP contribution >= 0.6 is 0 Å². The van der Waals surface area contributed by atoms with Gasteiger partial charge in [0.25, 0.3) is 0 Å². The van der Waals surface area contributed by atoms with Gasteiger partial charge in [-0.2, -0.15) is 0 Å². The third-order valence-corrected chi connectivity index (χ3v) is 3.11. The van der Waals surface area contributed by atoms with E-state index in [2.05, 4.69) is 0 Å². The zero-order valence-electron chi connectivity index (χ0n) is 11.2. The van der Waals surface area contributed by atoms with Crippen LogP contribution in [-0.4, -0.2) is 64.7 Å². The van der Waals surface area contributed by atoms with E-state index in [1.54, 1.807) is 0 Å². The Hall–Kier alpha value is -1.87. The summed E-state index contributed by atoms with van der Waals surface area (Å²) in [5, 5.41) is 37.6. The van der Waals surface area contributed by atoms with Crippen molar-refractivity contribution in [3.63, 3.8) is 0 Å². The lowest BCUT2D eigenvalue weighted by Crippen LogP contribution is -2.54. The smallest absolute Gasteiger partial charge is 0.335 e. The van der Waals surface area contributed by atoms with Gasteiger partial charge in [-0.15, -0.1) is 0 Å². The number of hydrogen-bond acceptors (Lipinski definition) is 7. The van der Waals surface area contributed by atoms with Gasteiger partial charge in [-0.3, -0.25) is 0 Å². The van der Waals surface area contributed by atoms with Gasteiger partial charge in [0, 0.05) is 0 Å². The van der Waals surface area contributed by atoms with Crippen LogP contribution in [0.2, 0.25) is 0 Å². The number of aromatic carboxylic acids is 1. The first-order valence-corrected chi connectivity index (χ1v) is 6.18. The molecule has 8 heteroatoms. The minimum absolute atomic E-state index is 0.0137. The topological polar surface area (TPSA) is 126 Å². The van der Waals surface area contributed by atoms with Crippen molar-refractivity contribution in [2.45, 2.75) is 24.6 Å². The summed E-state index contributed by atoms with van der Waals surface area (Å²) in [4.78, 5) is 10.9. The molecule has 1 aliphatic heterocycles. The van der Waals surface area contributed by atoms with Gasteiger partial charge in [-0.05, 0) is 18.2 Å². The maximum Gasteiger partial charge on any atom is 0.335 e. The average Bonchev–Trinajstić information content (AvgIpc) is 2.48. The minimum atomic E-state index is -1.45. The standard InChI is InChI=1S/C13H16O8/c1-19-9-4-6(12(17)18)2-3-8(9)21-13-11(16)10(15)7(14)5-20-13/h2-4,7,10-11,13-16H,5H2,1H3,(H,17,18)/t7-,10-,11-,13+/m1/s1. The Labute approximate surface area is 120 Å². The Morgan fingerprint density at radius 2 is 1.95 bits per heavy atom. The van der Waals surface area contributed by atoms with Gasteiger partial charge in [-0.1, -0.05) is 0 Å². The molecule has 1 saturated heterocycles. The van der Waals surface area contributed by atoms with E-state index in [1.165, 1.54) is 25.3 Å². The third-order valence-electron chi connectivity index (χ3n) is 3.11. The molecule has 0 amide bonds. The summed E-state index contributed by atoms with van der Waals surface area (Å²) < 4.78 is 15.5. The predicted octanol–water partition coefficient (Wildman–Crippen LogP) is -0.789. The molecule has 4 atom stereocenters. The first-order chi connectivity index (χ1) is 9.93. The van der Waals surface area contributed by atoms with Crippen molar-refractivity contribution >= 4 is 5.97 Å². The maximum atomic E-state index is 10.9. The molecule has 21 heavy (non-hydrogen) atoms. The molecule has 8 nitrogen and oxygen atoms in total. The van der Waals surface area contributed by atoms with E-state index in [4.69, 9.17) is 19.3 Å². The number of carboxylic acids is 1. The highest BCUT2D eigenvalue weighted by atomic mass is 16.7. The van der Waals surface area contributed by atoms with Crippen LogP contribution < -0.4 is 9.47 Å². The summed E-state index contributed by atoms with van der Waals surface area (Å²) >= 11 is 0. The van der Waals surface area contributed by atoms with Crippen molar-refractivity contribution in [2.24, 2.45) is 0 Å². The summed E-state index contributed by atoms with van der Waals surface area (Å²) in [7, 11) is 1.34. The largest absolute Gasteiger partial charge is 0.493 e. The summed E-state index contributed by atoms with van der Waals surface area (Å²) in [6.07, 6.45) is -5.24. The molecule has 0 spiro atoms. The fraction of sp³-hybridized carbons (Fsp3) is 0.462. The lowest BCUT2D eigenvalue weighted by molar-refractivity contribution is -0.242. The summed E-state index contributed by atoms with van der Waals surface area (Å²) in [5.74, 6) is -0.825. The van der Waals surface area contributed by atoms with Crippen LogP contribution in [0.25, 0.3) is 0 Å². The van der Waals surface area contributed by atoms with Crippen molar-refractivity contribution in [1.82, 2.24) is 0 Å². The van der Waals surface area contributed by atoms with Crippen LogP contribution in [-0.2, 0) is 4.74 Å². The normalized spacial score (nSPS) is 29.0. The van der Waals surface area contributed by atoms with E-state index in [0.29, 0.717) is 0 Å². The van der Waals surface area contributed by atoms with Gasteiger partial charge in [-0.25, -0.2) is 4.79 Å². The van der Waals surface area contributed by atoms with Gasteiger partial charge in [0.2, 0.25) is 6.29 Å². The quantitative estimate of drug-likeness (QED) is 0.570. The molecule has 0 aromatic heterocycles. The van der Waals surface area contributed by atoms with Crippen molar-refractivity contribution in [3.05, 3.63) is 23.8 Å². The van der Waals surface area contributed by atoms with Crippen molar-refractivity contribution < 1.29 is 39.4 Å². The molecule has 0 saturated carbocycles. The van der Waals surface area contributed by atoms with Crippen LogP contribution in [0.3, 0.4) is 0 Å². The number of benzene rings is 1. The first kappa shape index (κ1) is 15.5. The highest BCUT2D eigenvalue weighted by Gasteiger charge is 2.39. The molecule has 0 unspecified atom stereocenters. The fourth-order valence-corrected chi connectivity index (χ4v) is 1.91. The number of hydrogen-bond donors (Lipinski definition) is 4. The van der Waals surface area contributed by atoms with E-state index in [1.807, 2.05) is 0 Å². The van der Waals surface area contributed by atoms with Crippen LogP contribution in [0, 0.1) is 0 Å². The molecule has 1 aromatic carbocycles. The summed E-state index contributed by atoms with van der Waals surface area (Å²) in [6, 6.07) is 3.93. The molecule has 0 bridgehead atoms. The summed E-state index contributed by atoms with van der Waals surface area (Å²) in [6.45, 7) is -0.196. The van der Waals surface area contributed by atoms with Crippen molar-refractivity contribution in [2.75, 3.05) is 13.7 Å². The number of carbonyl (C=O) groups is 1. The Balaban J connectivity index is 2.17. The minimum Gasteiger partial charge on any atom is -0.493 e. The van der Waals surface area contributed by atoms with Crippen molar-refractivity contribution in [1.29, 1.82) is 0 Å². The zero-order chi connectivity index (χ0) is 15.6. The number of carboxylic acid groups (broad SMARTS) is 1. The number of aliphatic hydroxyl groups excluding tert-OH is 3. The molecule has 1 heterocycles. The van der Waals surface area contributed by atoms with Gasteiger partial charge in [0.05, 0.1) is 19.3 Å². The fourth-order valence-electron chi connectivity index (χ4n) is 1.91. The van der Waals surface area contributed by atoms with Crippen LogP contribution in [0.4, 0.5) is 0 Å². The van der Waals surface area contributed by atoms with Crippen LogP contribution in [0.15, 0.2) is 18.2 Å². The first-order valence-electron chi connectivity index (χ1n) is 6.18. The molecule has 1 aromatic rings. The Kier molecular flexibility index (Phi) is 4.63. The third kappa shape index (κ3) is 3.24. The molecule has 2 rings (SSSR count). The lowest BCUT2D eigenvalue weighted by atomic mass is 10.1. The second-order valence-corrected chi connectivity index (χ2v) is 4.54. The number of ether oxygens (including phenoxy) is 3. The zero-order valence-corrected chi connectivity index (χ0v) is 11.2. The maximum absolute atomic E-state index is 10.9. The van der Waals surface area contributed by atoms with E-state index in [-0.39, 0.29) is 23.7 Å². The molecule has 0 radical (unpaired) electrons. The highest BCUT2D eigenvalue weighted by molar-refractivity contribution is 5.88. The monoisotopic (exact) mass is 300 g/mol. The molecular weight excluding hydrogens is 284 g/mol. The van der Waals surface area contributed by atoms with Crippen LogP contribution in [0.5, 0.6) is 11.5 Å². The van der Waals surface area contributed by atoms with E-state index in [0.717, 1.165) is 0 Å². The van der Waals surface area contributed by atoms with Gasteiger partial charge < -0.3 is 34.6 Å². The lowest BCUT2D eigenvalue weighted by Gasteiger charge is -2.35. The Bertz CT molecular complexity index is 517. The van der Waals surface area contributed by atoms with Gasteiger partial charge in [0.1, 0.15) is 18.3 Å². The molecule has 1 aliphatic rings. The SMILES string of the molecule is COc1cc(C(=O)O)ccc1O[C@@H]1OC[C@@H](O)[C@@H](O)[C@H]1O. The van der Waals surface area contributed by atoms with Gasteiger partial charge in [0.15, 0.2) is 11.5 Å². The molecule has 0 aliphatic carbocycles. The second-order valence-electron chi connectivity index (χ2n) is 4.54. The Morgan fingerprint density at radius 1 is 1.24 bits per heavy atom. The van der Waals surface area contributed by atoms with Crippen molar-refractivity contribution in [3.8, 4) is 11.5 Å². The van der Waals surface area contributed by atoms with Crippen LogP contribution in [0.1, 0.15) is 10.4 Å². The molecule has 1 fully saturated rings. The highest BCUT2D eigenvalue weighted by Crippen LogP contribution is 2.30. The molecule has 4 N–H and O–H groups in total. The number of methoxy groups -OCH3 is 1. The predicted molar refractivity (Wildman–Crippen MR) is 68.3 cm³/mol. The van der Waals surface area contributed by atoms with E-state index >= 15 is 0 Å². The average molecular weight is 300 g/mol. The molecular formula is C13H16O8. The summed E-state index contributed by atoms with van der Waals surface area (Å²) in [5.41, 5.74) is 0.0137. The number of rotatable bonds is 4. The second kappa shape index (κ2) is 6.27. The van der Waals surface area contributed by atoms with E-state index < -0.39 is 30.6 Å². The Morgan fingerprint density at radius 3 is 2.57 bits per heavy atom. The molecule has 116 valence electrons. The van der Waals surface area contributed by atoms with Gasteiger partial charge >= 0.3 is 5.97 Å². The van der Waals surface area contributed by atoms with E-state index in [9.17, 15) is 20.1 Å².